The molecule has 0 fully saturated rings. The fourth-order valence-corrected chi connectivity index (χ4v) is 4.29. The number of carbonyl (C=O) groups is 1. The Bertz CT molecular complexity index is 1500. The van der Waals surface area contributed by atoms with Crippen LogP contribution in [0.15, 0.2) is 60.8 Å². The molecule has 0 radical (unpaired) electrons. The number of rotatable bonds is 10. The minimum Gasteiger partial charge on any atom is -0.505 e. The van der Waals surface area contributed by atoms with E-state index in [1.807, 2.05) is 6.92 Å². The number of nitrogens with one attached hydrogen (secondary N) is 1. The number of aromatic hydroxyl groups is 1. The highest BCUT2D eigenvalue weighted by atomic mass is 16.6. The standard InChI is InChI=1S/C28H27N3O8/c1-5-39-18-10-8-16(9-11-18)24(20-15-21(31(34)35)19-7-6-12-29-25(19)26(20)32)30-28(33)17-13-22(36-2)27(38-4)23(14-17)37-3/h6-15,24,32H,5H2,1-4H3,(H,30,33)/t24-/m1/s1. The molecule has 0 saturated heterocycles. The summed E-state index contributed by atoms with van der Waals surface area (Å²) in [6.07, 6.45) is 1.43. The molecule has 4 rings (SSSR count). The lowest BCUT2D eigenvalue weighted by molar-refractivity contribution is -0.383. The molecule has 1 heterocycles. The van der Waals surface area contributed by atoms with E-state index in [0.29, 0.717) is 23.7 Å². The summed E-state index contributed by atoms with van der Waals surface area (Å²) in [5.41, 5.74) is 0.592. The predicted octanol–water partition coefficient (Wildman–Crippen LogP) is 4.79. The van der Waals surface area contributed by atoms with E-state index < -0.39 is 16.9 Å². The number of hydrogen-bond acceptors (Lipinski definition) is 9. The van der Waals surface area contributed by atoms with Gasteiger partial charge in [0.2, 0.25) is 5.75 Å². The minimum absolute atomic E-state index is 0.0414. The molecule has 4 aromatic rings. The van der Waals surface area contributed by atoms with Crippen molar-refractivity contribution in [2.75, 3.05) is 27.9 Å². The van der Waals surface area contributed by atoms with Crippen LogP contribution in [0.4, 0.5) is 5.69 Å². The van der Waals surface area contributed by atoms with Gasteiger partial charge in [-0.05, 0) is 48.9 Å². The Kier molecular flexibility index (Phi) is 7.99. The van der Waals surface area contributed by atoms with Crippen LogP contribution in [0.2, 0.25) is 0 Å². The Morgan fingerprint density at radius 3 is 2.28 bits per heavy atom. The highest BCUT2D eigenvalue weighted by Crippen LogP contribution is 2.41. The fraction of sp³-hybridized carbons (Fsp3) is 0.214. The number of nitro benzene ring substituents is 1. The number of phenols is 1. The Labute approximate surface area is 224 Å². The number of amides is 1. The molecule has 11 heteroatoms. The number of hydrogen-bond donors (Lipinski definition) is 2. The quantitative estimate of drug-likeness (QED) is 0.217. The van der Waals surface area contributed by atoms with Crippen LogP contribution in [0.3, 0.4) is 0 Å². The number of fused-ring (bicyclic) bond motifs is 1. The third-order valence-corrected chi connectivity index (χ3v) is 6.11. The summed E-state index contributed by atoms with van der Waals surface area (Å²) in [5, 5.41) is 26.2. The zero-order valence-electron chi connectivity index (χ0n) is 21.8. The number of phenolic OH excluding ortho intramolecular Hbond substituents is 1. The second-order valence-electron chi connectivity index (χ2n) is 8.31. The summed E-state index contributed by atoms with van der Waals surface area (Å²) >= 11 is 0. The molecular weight excluding hydrogens is 506 g/mol. The molecular formula is C28H27N3O8. The minimum atomic E-state index is -1.00. The Morgan fingerprint density at radius 1 is 1.05 bits per heavy atom. The van der Waals surface area contributed by atoms with Crippen LogP contribution in [-0.4, -0.2) is 48.9 Å². The molecule has 0 aliphatic rings. The van der Waals surface area contributed by atoms with E-state index in [0.717, 1.165) is 0 Å². The first-order valence-corrected chi connectivity index (χ1v) is 11.9. The van der Waals surface area contributed by atoms with Gasteiger partial charge in [-0.25, -0.2) is 0 Å². The Hall–Kier alpha value is -5.06. The van der Waals surface area contributed by atoms with Crippen LogP contribution in [0.25, 0.3) is 10.9 Å². The number of nitro groups is 1. The van der Waals surface area contributed by atoms with Crippen molar-refractivity contribution in [3.8, 4) is 28.7 Å². The van der Waals surface area contributed by atoms with Crippen molar-refractivity contribution in [1.29, 1.82) is 0 Å². The maximum Gasteiger partial charge on any atom is 0.279 e. The molecule has 2 N–H and O–H groups in total. The summed E-state index contributed by atoms with van der Waals surface area (Å²) in [6.45, 7) is 2.32. The van der Waals surface area contributed by atoms with Gasteiger partial charge in [0, 0.05) is 23.4 Å². The van der Waals surface area contributed by atoms with E-state index >= 15 is 0 Å². The number of aromatic nitrogens is 1. The molecule has 1 amide bonds. The second kappa shape index (κ2) is 11.5. The molecule has 0 spiro atoms. The maximum atomic E-state index is 13.6. The predicted molar refractivity (Wildman–Crippen MR) is 143 cm³/mol. The number of ether oxygens (including phenoxy) is 4. The average molecular weight is 534 g/mol. The maximum absolute atomic E-state index is 13.6. The van der Waals surface area contributed by atoms with Gasteiger partial charge in [0.15, 0.2) is 11.5 Å². The topological polar surface area (TPSA) is 142 Å². The zero-order valence-corrected chi connectivity index (χ0v) is 21.8. The zero-order chi connectivity index (χ0) is 28.1. The molecule has 1 atom stereocenters. The normalized spacial score (nSPS) is 11.5. The molecule has 0 unspecified atom stereocenters. The molecule has 0 aliphatic heterocycles. The summed E-state index contributed by atoms with van der Waals surface area (Å²) in [6, 6.07) is 13.1. The number of pyridine rings is 1. The van der Waals surface area contributed by atoms with E-state index in [4.69, 9.17) is 18.9 Å². The first-order chi connectivity index (χ1) is 18.8. The third kappa shape index (κ3) is 5.33. The highest BCUT2D eigenvalue weighted by Gasteiger charge is 2.28. The van der Waals surface area contributed by atoms with Gasteiger partial charge in [0.25, 0.3) is 11.6 Å². The second-order valence-corrected chi connectivity index (χ2v) is 8.31. The van der Waals surface area contributed by atoms with Crippen molar-refractivity contribution in [1.82, 2.24) is 10.3 Å². The average Bonchev–Trinajstić information content (AvgIpc) is 2.96. The van der Waals surface area contributed by atoms with Crippen LogP contribution in [0, 0.1) is 10.1 Å². The molecule has 0 aliphatic carbocycles. The van der Waals surface area contributed by atoms with E-state index in [1.165, 1.54) is 51.8 Å². The number of nitrogens with zero attached hydrogens (tertiary/aromatic N) is 2. The summed E-state index contributed by atoms with van der Waals surface area (Å²) in [5.74, 6) is 0.609. The number of non-ortho nitro benzene ring substituents is 1. The van der Waals surface area contributed by atoms with E-state index in [-0.39, 0.29) is 45.0 Å². The van der Waals surface area contributed by atoms with Crippen molar-refractivity contribution in [3.63, 3.8) is 0 Å². The lowest BCUT2D eigenvalue weighted by atomic mass is 9.94. The number of benzene rings is 3. The van der Waals surface area contributed by atoms with Gasteiger partial charge in [-0.1, -0.05) is 12.1 Å². The van der Waals surface area contributed by atoms with Gasteiger partial charge in [-0.2, -0.15) is 0 Å². The first kappa shape index (κ1) is 27.0. The highest BCUT2D eigenvalue weighted by molar-refractivity contribution is 5.97. The van der Waals surface area contributed by atoms with E-state index in [1.54, 1.807) is 30.3 Å². The van der Waals surface area contributed by atoms with Gasteiger partial charge < -0.3 is 29.4 Å². The molecule has 0 bridgehead atoms. The monoisotopic (exact) mass is 533 g/mol. The number of methoxy groups -OCH3 is 3. The summed E-state index contributed by atoms with van der Waals surface area (Å²) < 4.78 is 21.6. The first-order valence-electron chi connectivity index (χ1n) is 11.9. The van der Waals surface area contributed by atoms with Crippen LogP contribution < -0.4 is 24.3 Å². The Morgan fingerprint density at radius 2 is 1.72 bits per heavy atom. The fourth-order valence-electron chi connectivity index (χ4n) is 4.29. The molecule has 1 aromatic heterocycles. The van der Waals surface area contributed by atoms with Crippen molar-refractivity contribution in [2.45, 2.75) is 13.0 Å². The molecule has 39 heavy (non-hydrogen) atoms. The lowest BCUT2D eigenvalue weighted by Crippen LogP contribution is -2.29. The third-order valence-electron chi connectivity index (χ3n) is 6.11. The van der Waals surface area contributed by atoms with Crippen molar-refractivity contribution >= 4 is 22.5 Å². The van der Waals surface area contributed by atoms with Crippen LogP contribution in [0.1, 0.15) is 34.5 Å². The molecule has 202 valence electrons. The van der Waals surface area contributed by atoms with Gasteiger partial charge in [-0.3, -0.25) is 19.9 Å². The van der Waals surface area contributed by atoms with Gasteiger partial charge in [0.05, 0.1) is 44.3 Å². The van der Waals surface area contributed by atoms with Crippen LogP contribution in [0.5, 0.6) is 28.7 Å². The SMILES string of the molecule is CCOc1ccc([C@@H](NC(=O)c2cc(OC)c(OC)c(OC)c2)c2cc([N+](=O)[O-])c3cccnc3c2O)cc1. The van der Waals surface area contributed by atoms with Crippen LogP contribution in [-0.2, 0) is 0 Å². The summed E-state index contributed by atoms with van der Waals surface area (Å²) in [7, 11) is 4.31. The van der Waals surface area contributed by atoms with Gasteiger partial charge in [0.1, 0.15) is 17.0 Å². The summed E-state index contributed by atoms with van der Waals surface area (Å²) in [4.78, 5) is 29.1. The molecule has 11 nitrogen and oxygen atoms in total. The molecule has 0 saturated carbocycles. The largest absolute Gasteiger partial charge is 0.505 e. The van der Waals surface area contributed by atoms with Crippen LogP contribution >= 0.6 is 0 Å². The number of carbonyl (C=O) groups excluding carboxylic acids is 1. The van der Waals surface area contributed by atoms with Crippen molar-refractivity contribution in [2.24, 2.45) is 0 Å². The van der Waals surface area contributed by atoms with E-state index in [2.05, 4.69) is 10.3 Å². The van der Waals surface area contributed by atoms with E-state index in [9.17, 15) is 20.0 Å². The Balaban J connectivity index is 1.87. The van der Waals surface area contributed by atoms with Gasteiger partial charge in [-0.15, -0.1) is 0 Å². The molecule has 3 aromatic carbocycles. The van der Waals surface area contributed by atoms with Gasteiger partial charge >= 0.3 is 0 Å². The lowest BCUT2D eigenvalue weighted by Gasteiger charge is -2.22. The van der Waals surface area contributed by atoms with Crippen molar-refractivity contribution in [3.05, 3.63) is 87.6 Å². The van der Waals surface area contributed by atoms with Crippen molar-refractivity contribution < 1.29 is 33.8 Å². The smallest absolute Gasteiger partial charge is 0.279 e.